The first-order valence-electron chi connectivity index (χ1n) is 11.8. The average Bonchev–Trinajstić information content (AvgIpc) is 3.25. The number of aryl methyl sites for hydroxylation is 3. The summed E-state index contributed by atoms with van der Waals surface area (Å²) in [5, 5.41) is 3.92. The number of aromatic nitrogens is 1. The van der Waals surface area contributed by atoms with Crippen LogP contribution in [0, 0.1) is 20.8 Å². The van der Waals surface area contributed by atoms with Crippen LogP contribution in [0.3, 0.4) is 0 Å². The lowest BCUT2D eigenvalue weighted by molar-refractivity contribution is -0.132. The van der Waals surface area contributed by atoms with Gasteiger partial charge in [-0.25, -0.2) is 8.42 Å². The van der Waals surface area contributed by atoms with Crippen molar-refractivity contribution in [2.24, 2.45) is 0 Å². The fraction of sp³-hybridized carbons (Fsp3) is 0.385. The van der Waals surface area contributed by atoms with Gasteiger partial charge in [-0.2, -0.15) is 0 Å². The van der Waals surface area contributed by atoms with E-state index < -0.39 is 10.0 Å². The van der Waals surface area contributed by atoms with Crippen LogP contribution in [-0.4, -0.2) is 62.0 Å². The van der Waals surface area contributed by atoms with Gasteiger partial charge in [0.2, 0.25) is 5.91 Å². The molecular formula is C26H32N4O4S. The van der Waals surface area contributed by atoms with Crippen LogP contribution in [0.1, 0.15) is 29.0 Å². The third kappa shape index (κ3) is 6.10. The molecule has 0 radical (unpaired) electrons. The van der Waals surface area contributed by atoms with Crippen LogP contribution < -0.4 is 4.31 Å². The topological polar surface area (TPSA) is 87.0 Å². The van der Waals surface area contributed by atoms with E-state index in [9.17, 15) is 13.2 Å². The van der Waals surface area contributed by atoms with Crippen LogP contribution in [-0.2, 0) is 21.4 Å². The van der Waals surface area contributed by atoms with Crippen LogP contribution in [0.4, 0.5) is 5.69 Å². The number of hydrogen-bond acceptors (Lipinski definition) is 6. The Morgan fingerprint density at radius 1 is 0.943 bits per heavy atom. The molecule has 1 aromatic heterocycles. The first-order chi connectivity index (χ1) is 16.7. The van der Waals surface area contributed by atoms with Crippen molar-refractivity contribution in [3.8, 4) is 0 Å². The molecule has 4 rings (SSSR count). The number of rotatable bonds is 8. The van der Waals surface area contributed by atoms with Gasteiger partial charge in [0.1, 0.15) is 0 Å². The molecule has 2 aromatic carbocycles. The van der Waals surface area contributed by atoms with Crippen molar-refractivity contribution < 1.29 is 17.7 Å². The summed E-state index contributed by atoms with van der Waals surface area (Å²) in [6.07, 6.45) is 0.111. The monoisotopic (exact) mass is 496 g/mol. The molecule has 0 saturated carbocycles. The molecule has 1 fully saturated rings. The van der Waals surface area contributed by atoms with Crippen LogP contribution >= 0.6 is 0 Å². The quantitative estimate of drug-likeness (QED) is 0.474. The molecule has 0 N–H and O–H groups in total. The van der Waals surface area contributed by atoms with Gasteiger partial charge in [-0.1, -0.05) is 40.5 Å². The van der Waals surface area contributed by atoms with Crippen molar-refractivity contribution in [1.29, 1.82) is 0 Å². The van der Waals surface area contributed by atoms with E-state index in [0.717, 1.165) is 35.7 Å². The number of piperazine rings is 1. The lowest BCUT2D eigenvalue weighted by atomic mass is 10.2. The molecule has 3 aromatic rings. The molecule has 0 spiro atoms. The van der Waals surface area contributed by atoms with Crippen molar-refractivity contribution in [2.75, 3.05) is 37.0 Å². The lowest BCUT2D eigenvalue weighted by Gasteiger charge is -2.34. The number of hydrogen-bond donors (Lipinski definition) is 0. The van der Waals surface area contributed by atoms with Gasteiger partial charge in [-0.3, -0.25) is 14.0 Å². The third-order valence-corrected chi connectivity index (χ3v) is 8.08. The Labute approximate surface area is 207 Å². The zero-order chi connectivity index (χ0) is 25.0. The predicted molar refractivity (Wildman–Crippen MR) is 135 cm³/mol. The molecule has 1 saturated heterocycles. The summed E-state index contributed by atoms with van der Waals surface area (Å²) in [4.78, 5) is 17.3. The van der Waals surface area contributed by atoms with Crippen molar-refractivity contribution in [1.82, 2.24) is 15.0 Å². The van der Waals surface area contributed by atoms with Gasteiger partial charge >= 0.3 is 0 Å². The fourth-order valence-electron chi connectivity index (χ4n) is 4.16. The normalized spacial score (nSPS) is 14.8. The molecule has 2 heterocycles. The van der Waals surface area contributed by atoms with Gasteiger partial charge < -0.3 is 9.42 Å². The van der Waals surface area contributed by atoms with E-state index in [1.807, 2.05) is 43.9 Å². The summed E-state index contributed by atoms with van der Waals surface area (Å²) in [6.45, 7) is 9.16. The molecule has 0 atom stereocenters. The largest absolute Gasteiger partial charge is 0.360 e. The molecule has 0 bridgehead atoms. The SMILES string of the molecule is Cc1ccc(N(CCC(=O)N2CCN(Cc3cc(C)no3)CC2)S(=O)(=O)c2ccc(C)cc2)cc1. The smallest absolute Gasteiger partial charge is 0.264 e. The van der Waals surface area contributed by atoms with E-state index in [1.54, 1.807) is 36.4 Å². The highest BCUT2D eigenvalue weighted by molar-refractivity contribution is 7.92. The number of sulfonamides is 1. The van der Waals surface area contributed by atoms with Crippen LogP contribution in [0.2, 0.25) is 0 Å². The number of amides is 1. The molecule has 1 amide bonds. The van der Waals surface area contributed by atoms with Gasteiger partial charge in [-0.15, -0.1) is 0 Å². The van der Waals surface area contributed by atoms with Crippen molar-refractivity contribution >= 4 is 21.6 Å². The minimum absolute atomic E-state index is 0.0450. The number of anilines is 1. The first-order valence-corrected chi connectivity index (χ1v) is 13.2. The van der Waals surface area contributed by atoms with Gasteiger partial charge in [0.15, 0.2) is 5.76 Å². The standard InChI is InChI=1S/C26H32N4O4S/c1-20-4-8-23(9-5-20)30(35(32,33)25-10-6-21(2)7-11-25)13-12-26(31)29-16-14-28(15-17-29)19-24-18-22(3)27-34-24/h4-11,18H,12-17,19H2,1-3H3. The summed E-state index contributed by atoms with van der Waals surface area (Å²) in [6, 6.07) is 16.0. The van der Waals surface area contributed by atoms with E-state index in [-0.39, 0.29) is 23.8 Å². The summed E-state index contributed by atoms with van der Waals surface area (Å²) in [5.41, 5.74) is 3.43. The number of benzene rings is 2. The van der Waals surface area contributed by atoms with Crippen LogP contribution in [0.25, 0.3) is 0 Å². The maximum atomic E-state index is 13.5. The summed E-state index contributed by atoms with van der Waals surface area (Å²) >= 11 is 0. The number of carbonyl (C=O) groups is 1. The molecule has 1 aliphatic rings. The Morgan fingerprint density at radius 3 is 2.11 bits per heavy atom. The lowest BCUT2D eigenvalue weighted by Crippen LogP contribution is -2.49. The summed E-state index contributed by atoms with van der Waals surface area (Å²) in [5.74, 6) is 0.772. The summed E-state index contributed by atoms with van der Waals surface area (Å²) < 4.78 is 33.7. The second kappa shape index (κ2) is 10.6. The average molecular weight is 497 g/mol. The first kappa shape index (κ1) is 24.9. The second-order valence-corrected chi connectivity index (χ2v) is 10.9. The van der Waals surface area contributed by atoms with Crippen LogP contribution in [0.15, 0.2) is 64.0 Å². The van der Waals surface area contributed by atoms with Crippen molar-refractivity contribution in [3.05, 3.63) is 77.2 Å². The second-order valence-electron chi connectivity index (χ2n) is 9.07. The number of carbonyl (C=O) groups excluding carboxylic acids is 1. The zero-order valence-electron chi connectivity index (χ0n) is 20.5. The van der Waals surface area contributed by atoms with Crippen LogP contribution in [0.5, 0.6) is 0 Å². The van der Waals surface area contributed by atoms with E-state index in [2.05, 4.69) is 10.1 Å². The van der Waals surface area contributed by atoms with E-state index in [0.29, 0.717) is 25.3 Å². The molecular weight excluding hydrogens is 464 g/mol. The Morgan fingerprint density at radius 2 is 1.54 bits per heavy atom. The maximum Gasteiger partial charge on any atom is 0.264 e. The van der Waals surface area contributed by atoms with Gasteiger partial charge in [0.25, 0.3) is 10.0 Å². The highest BCUT2D eigenvalue weighted by Crippen LogP contribution is 2.25. The fourth-order valence-corrected chi connectivity index (χ4v) is 5.62. The molecule has 1 aliphatic heterocycles. The van der Waals surface area contributed by atoms with Crippen molar-refractivity contribution in [2.45, 2.75) is 38.6 Å². The molecule has 35 heavy (non-hydrogen) atoms. The third-order valence-electron chi connectivity index (χ3n) is 6.24. The van der Waals surface area contributed by atoms with Gasteiger partial charge in [-0.05, 0) is 45.0 Å². The Kier molecular flexibility index (Phi) is 7.57. The molecule has 9 heteroatoms. The van der Waals surface area contributed by atoms with Crippen molar-refractivity contribution in [3.63, 3.8) is 0 Å². The summed E-state index contributed by atoms with van der Waals surface area (Å²) in [7, 11) is -3.81. The Balaban J connectivity index is 1.41. The Bertz CT molecular complexity index is 1250. The molecule has 186 valence electrons. The molecule has 0 unspecified atom stereocenters. The van der Waals surface area contributed by atoms with E-state index >= 15 is 0 Å². The minimum atomic E-state index is -3.81. The highest BCUT2D eigenvalue weighted by atomic mass is 32.2. The van der Waals surface area contributed by atoms with Gasteiger partial charge in [0.05, 0.1) is 22.8 Å². The van der Waals surface area contributed by atoms with Gasteiger partial charge in [0, 0.05) is 45.2 Å². The number of nitrogens with zero attached hydrogens (tertiary/aromatic N) is 4. The highest BCUT2D eigenvalue weighted by Gasteiger charge is 2.27. The zero-order valence-corrected chi connectivity index (χ0v) is 21.3. The predicted octanol–water partition coefficient (Wildman–Crippen LogP) is 3.53. The maximum absolute atomic E-state index is 13.5. The van der Waals surface area contributed by atoms with E-state index in [4.69, 9.17) is 4.52 Å². The molecule has 8 nitrogen and oxygen atoms in total. The van der Waals surface area contributed by atoms with E-state index in [1.165, 1.54) is 4.31 Å². The Hall–Kier alpha value is -3.17. The molecule has 0 aliphatic carbocycles. The minimum Gasteiger partial charge on any atom is -0.360 e.